The van der Waals surface area contributed by atoms with E-state index in [1.54, 1.807) is 4.90 Å². The van der Waals surface area contributed by atoms with Gasteiger partial charge in [-0.25, -0.2) is 4.79 Å². The summed E-state index contributed by atoms with van der Waals surface area (Å²) >= 11 is 0. The standard InChI is InChI=1S/C20H34N4O/c1-5-11-24-12-8-18(9-13-24)15-22-20(25)23(4)17(3)14-19-16(2)7-6-10-21-19/h6-7,10,17-18H,5,8-9,11-15H2,1-4H3,(H,22,25)/t17-/m1/s1. The highest BCUT2D eigenvalue weighted by Gasteiger charge is 2.21. The first-order valence-electron chi connectivity index (χ1n) is 9.64. The van der Waals surface area contributed by atoms with Gasteiger partial charge in [-0.3, -0.25) is 4.98 Å². The van der Waals surface area contributed by atoms with Gasteiger partial charge < -0.3 is 15.1 Å². The summed E-state index contributed by atoms with van der Waals surface area (Å²) in [4.78, 5) is 21.2. The molecule has 1 N–H and O–H groups in total. The number of urea groups is 1. The molecule has 1 aromatic rings. The van der Waals surface area contributed by atoms with Gasteiger partial charge in [0.1, 0.15) is 0 Å². The monoisotopic (exact) mass is 346 g/mol. The summed E-state index contributed by atoms with van der Waals surface area (Å²) in [6.45, 7) is 10.7. The Labute approximate surface area is 152 Å². The maximum absolute atomic E-state index is 12.5. The van der Waals surface area contributed by atoms with Crippen LogP contribution in [-0.2, 0) is 6.42 Å². The second kappa shape index (κ2) is 9.76. The molecule has 0 saturated carbocycles. The molecular formula is C20H34N4O. The van der Waals surface area contributed by atoms with E-state index in [-0.39, 0.29) is 12.1 Å². The van der Waals surface area contributed by atoms with Crippen molar-refractivity contribution in [2.45, 2.75) is 52.5 Å². The summed E-state index contributed by atoms with van der Waals surface area (Å²) in [6, 6.07) is 4.17. The Morgan fingerprint density at radius 2 is 2.16 bits per heavy atom. The highest BCUT2D eigenvalue weighted by atomic mass is 16.2. The molecule has 0 aliphatic carbocycles. The predicted molar refractivity (Wildman–Crippen MR) is 103 cm³/mol. The summed E-state index contributed by atoms with van der Waals surface area (Å²) in [7, 11) is 1.88. The number of hydrogen-bond donors (Lipinski definition) is 1. The SMILES string of the molecule is CCCN1CCC(CNC(=O)N(C)[C@H](C)Cc2ncccc2C)CC1. The van der Waals surface area contributed by atoms with Crippen LogP contribution in [0.3, 0.4) is 0 Å². The second-order valence-electron chi connectivity index (χ2n) is 7.40. The minimum Gasteiger partial charge on any atom is -0.338 e. The number of carbonyl (C=O) groups is 1. The van der Waals surface area contributed by atoms with E-state index in [1.807, 2.05) is 19.3 Å². The fourth-order valence-corrected chi connectivity index (χ4v) is 3.44. The van der Waals surface area contributed by atoms with E-state index < -0.39 is 0 Å². The van der Waals surface area contributed by atoms with Crippen molar-refractivity contribution >= 4 is 6.03 Å². The van der Waals surface area contributed by atoms with Crippen LogP contribution >= 0.6 is 0 Å². The fourth-order valence-electron chi connectivity index (χ4n) is 3.44. The summed E-state index contributed by atoms with van der Waals surface area (Å²) in [5.74, 6) is 0.610. The Hall–Kier alpha value is -1.62. The third-order valence-corrected chi connectivity index (χ3v) is 5.38. The average Bonchev–Trinajstić information content (AvgIpc) is 2.62. The average molecular weight is 347 g/mol. The van der Waals surface area contributed by atoms with Crippen LogP contribution in [0.4, 0.5) is 4.79 Å². The van der Waals surface area contributed by atoms with Gasteiger partial charge in [-0.15, -0.1) is 0 Å². The molecule has 1 aliphatic rings. The first-order chi connectivity index (χ1) is 12.0. The number of likely N-dealkylation sites (N-methyl/N-ethyl adjacent to an activating group) is 1. The quantitative estimate of drug-likeness (QED) is 0.825. The molecule has 1 saturated heterocycles. The lowest BCUT2D eigenvalue weighted by molar-refractivity contribution is 0.171. The number of hydrogen-bond acceptors (Lipinski definition) is 3. The molecule has 0 unspecified atom stereocenters. The highest BCUT2D eigenvalue weighted by Crippen LogP contribution is 2.16. The van der Waals surface area contributed by atoms with Crippen LogP contribution < -0.4 is 5.32 Å². The largest absolute Gasteiger partial charge is 0.338 e. The van der Waals surface area contributed by atoms with Crippen molar-refractivity contribution in [1.82, 2.24) is 20.1 Å². The Kier molecular flexibility index (Phi) is 7.69. The molecular weight excluding hydrogens is 312 g/mol. The van der Waals surface area contributed by atoms with Crippen molar-refractivity contribution in [3.63, 3.8) is 0 Å². The topological polar surface area (TPSA) is 48.5 Å². The fraction of sp³-hybridized carbons (Fsp3) is 0.700. The molecule has 1 aromatic heterocycles. The van der Waals surface area contributed by atoms with E-state index in [0.29, 0.717) is 5.92 Å². The van der Waals surface area contributed by atoms with Crippen molar-refractivity contribution < 1.29 is 4.79 Å². The number of piperidine rings is 1. The second-order valence-corrected chi connectivity index (χ2v) is 7.40. The van der Waals surface area contributed by atoms with Gasteiger partial charge in [0.15, 0.2) is 0 Å². The number of likely N-dealkylation sites (tertiary alicyclic amines) is 1. The van der Waals surface area contributed by atoms with Crippen molar-refractivity contribution in [2.24, 2.45) is 5.92 Å². The number of rotatable bonds is 7. The Bertz CT molecular complexity index is 540. The molecule has 0 spiro atoms. The van der Waals surface area contributed by atoms with E-state index in [9.17, 15) is 4.79 Å². The van der Waals surface area contributed by atoms with Crippen LogP contribution in [0, 0.1) is 12.8 Å². The summed E-state index contributed by atoms with van der Waals surface area (Å²) < 4.78 is 0. The summed E-state index contributed by atoms with van der Waals surface area (Å²) in [5.41, 5.74) is 2.25. The lowest BCUT2D eigenvalue weighted by atomic mass is 9.97. The van der Waals surface area contributed by atoms with Gasteiger partial charge in [0, 0.05) is 37.9 Å². The molecule has 0 aromatic carbocycles. The van der Waals surface area contributed by atoms with E-state index in [0.717, 1.165) is 18.7 Å². The third kappa shape index (κ3) is 5.99. The van der Waals surface area contributed by atoms with Gasteiger partial charge in [-0.05, 0) is 70.3 Å². The lowest BCUT2D eigenvalue weighted by Gasteiger charge is -2.32. The number of pyridine rings is 1. The minimum atomic E-state index is 0.0251. The zero-order valence-electron chi connectivity index (χ0n) is 16.3. The lowest BCUT2D eigenvalue weighted by Crippen LogP contribution is -2.46. The third-order valence-electron chi connectivity index (χ3n) is 5.38. The molecule has 2 amide bonds. The van der Waals surface area contributed by atoms with Crippen LogP contribution in [0.5, 0.6) is 0 Å². The summed E-state index contributed by atoms with van der Waals surface area (Å²) in [5, 5.41) is 3.13. The van der Waals surface area contributed by atoms with Crippen molar-refractivity contribution in [3.8, 4) is 0 Å². The molecule has 5 nitrogen and oxygen atoms in total. The maximum Gasteiger partial charge on any atom is 0.317 e. The van der Waals surface area contributed by atoms with Crippen LogP contribution in [-0.4, -0.2) is 60.1 Å². The Morgan fingerprint density at radius 3 is 2.80 bits per heavy atom. The molecule has 140 valence electrons. The van der Waals surface area contributed by atoms with Gasteiger partial charge >= 0.3 is 6.03 Å². The Balaban J connectivity index is 1.74. The number of aromatic nitrogens is 1. The smallest absolute Gasteiger partial charge is 0.317 e. The first kappa shape index (κ1) is 19.7. The molecule has 1 fully saturated rings. The zero-order valence-corrected chi connectivity index (χ0v) is 16.3. The van der Waals surface area contributed by atoms with Gasteiger partial charge in [0.2, 0.25) is 0 Å². The normalized spacial score (nSPS) is 17.3. The number of aryl methyl sites for hydroxylation is 1. The molecule has 1 aliphatic heterocycles. The van der Waals surface area contributed by atoms with E-state index in [2.05, 4.69) is 42.0 Å². The minimum absolute atomic E-state index is 0.0251. The highest BCUT2D eigenvalue weighted by molar-refractivity contribution is 5.74. The molecule has 5 heteroatoms. The predicted octanol–water partition coefficient (Wildman–Crippen LogP) is 3.08. The van der Waals surface area contributed by atoms with Gasteiger partial charge in [0.05, 0.1) is 0 Å². The molecule has 0 bridgehead atoms. The molecule has 1 atom stereocenters. The molecule has 2 heterocycles. The van der Waals surface area contributed by atoms with Crippen molar-refractivity contribution in [2.75, 3.05) is 33.2 Å². The van der Waals surface area contributed by atoms with Crippen LogP contribution in [0.1, 0.15) is 44.4 Å². The van der Waals surface area contributed by atoms with Crippen molar-refractivity contribution in [3.05, 3.63) is 29.6 Å². The van der Waals surface area contributed by atoms with Crippen LogP contribution in [0.15, 0.2) is 18.3 Å². The van der Waals surface area contributed by atoms with E-state index in [1.165, 1.54) is 44.5 Å². The van der Waals surface area contributed by atoms with Crippen LogP contribution in [0.25, 0.3) is 0 Å². The zero-order chi connectivity index (χ0) is 18.2. The number of amides is 2. The van der Waals surface area contributed by atoms with E-state index >= 15 is 0 Å². The maximum atomic E-state index is 12.5. The van der Waals surface area contributed by atoms with Gasteiger partial charge in [-0.1, -0.05) is 13.0 Å². The van der Waals surface area contributed by atoms with Crippen LogP contribution in [0.2, 0.25) is 0 Å². The molecule has 25 heavy (non-hydrogen) atoms. The molecule has 2 rings (SSSR count). The number of nitrogens with zero attached hydrogens (tertiary/aromatic N) is 3. The Morgan fingerprint density at radius 1 is 1.44 bits per heavy atom. The van der Waals surface area contributed by atoms with E-state index in [4.69, 9.17) is 0 Å². The number of carbonyl (C=O) groups excluding carboxylic acids is 1. The van der Waals surface area contributed by atoms with Gasteiger partial charge in [0.25, 0.3) is 0 Å². The number of nitrogens with one attached hydrogen (secondary N) is 1. The van der Waals surface area contributed by atoms with Crippen molar-refractivity contribution in [1.29, 1.82) is 0 Å². The molecule has 0 radical (unpaired) electrons. The first-order valence-corrected chi connectivity index (χ1v) is 9.64. The summed E-state index contributed by atoms with van der Waals surface area (Å²) in [6.07, 6.45) is 6.20. The van der Waals surface area contributed by atoms with Gasteiger partial charge in [-0.2, -0.15) is 0 Å².